The molecule has 1 aromatic rings. The summed E-state index contributed by atoms with van der Waals surface area (Å²) in [6, 6.07) is 4.91. The highest BCUT2D eigenvalue weighted by molar-refractivity contribution is 5.84. The molecule has 0 aromatic heterocycles. The smallest absolute Gasteiger partial charge is 0.374 e. The van der Waals surface area contributed by atoms with E-state index in [9.17, 15) is 18.0 Å². The third-order valence-electron chi connectivity index (χ3n) is 2.46. The molecular formula is C13H17F3N2O. The summed E-state index contributed by atoms with van der Waals surface area (Å²) in [4.78, 5) is 11.5. The first-order chi connectivity index (χ1) is 8.67. The van der Waals surface area contributed by atoms with Crippen LogP contribution in [0.4, 0.5) is 18.9 Å². The van der Waals surface area contributed by atoms with Crippen molar-refractivity contribution < 1.29 is 18.0 Å². The summed E-state index contributed by atoms with van der Waals surface area (Å²) in [6.45, 7) is 4.02. The summed E-state index contributed by atoms with van der Waals surface area (Å²) in [5.74, 6) is -0.684. The van der Waals surface area contributed by atoms with Gasteiger partial charge >= 0.3 is 6.18 Å². The largest absolute Gasteiger partial charge is 0.405 e. The van der Waals surface area contributed by atoms with E-state index in [1.165, 1.54) is 6.92 Å². The Hall–Kier alpha value is -1.72. The lowest BCUT2D eigenvalue weighted by molar-refractivity contribution is -0.138. The molecule has 0 unspecified atom stereocenters. The van der Waals surface area contributed by atoms with Crippen molar-refractivity contribution in [2.45, 2.75) is 33.0 Å². The van der Waals surface area contributed by atoms with E-state index in [2.05, 4.69) is 5.32 Å². The fourth-order valence-corrected chi connectivity index (χ4v) is 1.71. The van der Waals surface area contributed by atoms with E-state index in [-0.39, 0.29) is 0 Å². The van der Waals surface area contributed by atoms with Crippen molar-refractivity contribution in [3.05, 3.63) is 29.3 Å². The molecule has 0 bridgehead atoms. The Morgan fingerprint density at radius 2 is 1.74 bits per heavy atom. The van der Waals surface area contributed by atoms with E-state index < -0.39 is 24.7 Å². The maximum atomic E-state index is 12.0. The Kier molecular flexibility index (Phi) is 4.80. The van der Waals surface area contributed by atoms with Gasteiger partial charge < -0.3 is 10.6 Å². The molecule has 2 N–H and O–H groups in total. The minimum Gasteiger partial charge on any atom is -0.374 e. The zero-order valence-corrected chi connectivity index (χ0v) is 11.1. The number of alkyl halides is 3. The number of halogens is 3. The van der Waals surface area contributed by atoms with Crippen LogP contribution in [-0.2, 0) is 4.79 Å². The van der Waals surface area contributed by atoms with Crippen molar-refractivity contribution in [1.29, 1.82) is 0 Å². The summed E-state index contributed by atoms with van der Waals surface area (Å²) >= 11 is 0. The molecule has 0 saturated carbocycles. The Balaban J connectivity index is 2.58. The number of amides is 1. The van der Waals surface area contributed by atoms with Crippen molar-refractivity contribution in [3.8, 4) is 0 Å². The Bertz CT molecular complexity index is 437. The molecule has 0 fully saturated rings. The average Bonchev–Trinajstić information content (AvgIpc) is 2.23. The van der Waals surface area contributed by atoms with Crippen LogP contribution >= 0.6 is 0 Å². The Labute approximate surface area is 110 Å². The molecule has 106 valence electrons. The minimum atomic E-state index is -4.39. The molecule has 0 radical (unpaired) electrons. The van der Waals surface area contributed by atoms with E-state index in [0.29, 0.717) is 5.69 Å². The average molecular weight is 274 g/mol. The third-order valence-corrected chi connectivity index (χ3v) is 2.46. The van der Waals surface area contributed by atoms with Gasteiger partial charge in [0.1, 0.15) is 12.6 Å². The number of carbonyl (C=O) groups is 1. The molecule has 0 aliphatic carbocycles. The quantitative estimate of drug-likeness (QED) is 0.886. The van der Waals surface area contributed by atoms with Crippen LogP contribution in [0.15, 0.2) is 18.2 Å². The number of benzene rings is 1. The van der Waals surface area contributed by atoms with Crippen molar-refractivity contribution in [2.24, 2.45) is 0 Å². The van der Waals surface area contributed by atoms with Gasteiger partial charge in [-0.2, -0.15) is 13.2 Å². The van der Waals surface area contributed by atoms with Crippen LogP contribution in [0.2, 0.25) is 0 Å². The highest BCUT2D eigenvalue weighted by Crippen LogP contribution is 2.15. The van der Waals surface area contributed by atoms with Gasteiger partial charge in [0.15, 0.2) is 0 Å². The molecule has 6 heteroatoms. The molecule has 1 rings (SSSR count). The number of anilines is 1. The summed E-state index contributed by atoms with van der Waals surface area (Å²) < 4.78 is 35.9. The molecule has 19 heavy (non-hydrogen) atoms. The monoisotopic (exact) mass is 274 g/mol. The molecular weight excluding hydrogens is 257 g/mol. The first kappa shape index (κ1) is 15.3. The van der Waals surface area contributed by atoms with Gasteiger partial charge in [0, 0.05) is 5.69 Å². The van der Waals surface area contributed by atoms with Crippen molar-refractivity contribution >= 4 is 11.6 Å². The van der Waals surface area contributed by atoms with E-state index in [1.807, 2.05) is 37.4 Å². The zero-order chi connectivity index (χ0) is 14.6. The van der Waals surface area contributed by atoms with Crippen molar-refractivity contribution in [1.82, 2.24) is 5.32 Å². The summed E-state index contributed by atoms with van der Waals surface area (Å²) in [5.41, 5.74) is 2.75. The van der Waals surface area contributed by atoms with Crippen LogP contribution in [0.3, 0.4) is 0 Å². The summed E-state index contributed by atoms with van der Waals surface area (Å²) in [7, 11) is 0. The highest BCUT2D eigenvalue weighted by Gasteiger charge is 2.28. The topological polar surface area (TPSA) is 41.1 Å². The molecule has 0 saturated heterocycles. The Morgan fingerprint density at radius 1 is 1.21 bits per heavy atom. The maximum Gasteiger partial charge on any atom is 0.405 e. The van der Waals surface area contributed by atoms with Crippen LogP contribution in [0.1, 0.15) is 18.1 Å². The second-order valence-corrected chi connectivity index (χ2v) is 4.58. The minimum absolute atomic E-state index is 0.684. The maximum absolute atomic E-state index is 12.0. The number of hydrogen-bond donors (Lipinski definition) is 2. The van der Waals surface area contributed by atoms with Crippen molar-refractivity contribution in [3.63, 3.8) is 0 Å². The van der Waals surface area contributed by atoms with Gasteiger partial charge in [-0.3, -0.25) is 4.79 Å². The molecule has 0 aliphatic rings. The lowest BCUT2D eigenvalue weighted by Gasteiger charge is -2.17. The van der Waals surface area contributed by atoms with Crippen LogP contribution < -0.4 is 10.6 Å². The summed E-state index contributed by atoms with van der Waals surface area (Å²) in [6.07, 6.45) is -4.39. The number of rotatable bonds is 4. The van der Waals surface area contributed by atoms with E-state index in [4.69, 9.17) is 0 Å². The fraction of sp³-hybridized carbons (Fsp3) is 0.462. The van der Waals surface area contributed by atoms with E-state index >= 15 is 0 Å². The van der Waals surface area contributed by atoms with Gasteiger partial charge in [-0.05, 0) is 44.0 Å². The number of hydrogen-bond acceptors (Lipinski definition) is 2. The van der Waals surface area contributed by atoms with Gasteiger partial charge in [-0.1, -0.05) is 6.07 Å². The third kappa shape index (κ3) is 5.63. The lowest BCUT2D eigenvalue weighted by Crippen LogP contribution is -2.42. The SMILES string of the molecule is Cc1cc(C)cc(N[C@@H](C)C(=O)NCC(F)(F)F)c1. The van der Waals surface area contributed by atoms with Crippen LogP contribution in [0, 0.1) is 13.8 Å². The molecule has 0 spiro atoms. The normalized spacial score (nSPS) is 12.9. The van der Waals surface area contributed by atoms with Gasteiger partial charge in [0.2, 0.25) is 5.91 Å². The van der Waals surface area contributed by atoms with E-state index in [0.717, 1.165) is 11.1 Å². The predicted molar refractivity (Wildman–Crippen MR) is 68.1 cm³/mol. The lowest BCUT2D eigenvalue weighted by atomic mass is 10.1. The van der Waals surface area contributed by atoms with E-state index in [1.54, 1.807) is 0 Å². The number of aryl methyl sites for hydroxylation is 2. The van der Waals surface area contributed by atoms with Gasteiger partial charge in [-0.25, -0.2) is 0 Å². The van der Waals surface area contributed by atoms with Gasteiger partial charge in [0.05, 0.1) is 0 Å². The predicted octanol–water partition coefficient (Wildman–Crippen LogP) is 2.78. The van der Waals surface area contributed by atoms with Gasteiger partial charge in [0.25, 0.3) is 0 Å². The second-order valence-electron chi connectivity index (χ2n) is 4.58. The van der Waals surface area contributed by atoms with Crippen LogP contribution in [-0.4, -0.2) is 24.7 Å². The second kappa shape index (κ2) is 5.95. The Morgan fingerprint density at radius 3 is 2.21 bits per heavy atom. The molecule has 3 nitrogen and oxygen atoms in total. The molecule has 1 atom stereocenters. The van der Waals surface area contributed by atoms with Crippen LogP contribution in [0.25, 0.3) is 0 Å². The molecule has 0 aliphatic heterocycles. The highest BCUT2D eigenvalue weighted by atomic mass is 19.4. The first-order valence-electron chi connectivity index (χ1n) is 5.86. The molecule has 0 heterocycles. The number of carbonyl (C=O) groups excluding carboxylic acids is 1. The van der Waals surface area contributed by atoms with Crippen LogP contribution in [0.5, 0.6) is 0 Å². The fourth-order valence-electron chi connectivity index (χ4n) is 1.71. The van der Waals surface area contributed by atoms with Gasteiger partial charge in [-0.15, -0.1) is 0 Å². The molecule has 1 amide bonds. The number of nitrogens with one attached hydrogen (secondary N) is 2. The summed E-state index contributed by atoms with van der Waals surface area (Å²) in [5, 5.41) is 4.73. The standard InChI is InChI=1S/C13H17F3N2O/c1-8-4-9(2)6-11(5-8)18-10(3)12(19)17-7-13(14,15)16/h4-6,10,18H,7H2,1-3H3,(H,17,19)/t10-/m0/s1. The first-order valence-corrected chi connectivity index (χ1v) is 5.86. The zero-order valence-electron chi connectivity index (χ0n) is 11.1. The van der Waals surface area contributed by atoms with Crippen molar-refractivity contribution in [2.75, 3.05) is 11.9 Å². The molecule has 1 aromatic carbocycles.